The number of amides is 1. The van der Waals surface area contributed by atoms with Crippen molar-refractivity contribution >= 4 is 5.91 Å². The van der Waals surface area contributed by atoms with Crippen LogP contribution < -0.4 is 11.3 Å². The molecule has 0 aromatic heterocycles. The van der Waals surface area contributed by atoms with Gasteiger partial charge in [-0.15, -0.1) is 0 Å². The molecule has 56 heavy (non-hydrogen) atoms. The molecule has 0 aliphatic rings. The molecule has 0 rings (SSSR count). The number of nitrogens with one attached hydrogen (secondary N) is 1. The molecular weight excluding hydrogens is 748 g/mol. The third-order valence-corrected chi connectivity index (χ3v) is 6.65. The Morgan fingerprint density at radius 3 is 0.571 bits per heavy atom. The van der Waals surface area contributed by atoms with Crippen LogP contribution in [0.4, 0.5) is 0 Å². The summed E-state index contributed by atoms with van der Waals surface area (Å²) in [6, 6.07) is 0. The maximum atomic E-state index is 10.9. The summed E-state index contributed by atoms with van der Waals surface area (Å²) in [6.45, 7) is 16.2. The standard InChI is InChI=1S/C36H74N2O18/c1-40-4-5-42-8-9-44-12-13-46-16-17-48-20-21-50-24-25-52-28-29-54-32-33-56-35-34-55-31-30-53-27-26-51-23-22-49-19-18-47-15-14-45-11-10-43-7-6-41-3-2-36(39)38-37/h2-35,37H2,1H3,(H,38,39). The topological polar surface area (TPSA) is 212 Å². The predicted octanol–water partition coefficient (Wildman–Crippen LogP) is -0.722. The van der Waals surface area contributed by atoms with Gasteiger partial charge in [0.25, 0.3) is 0 Å². The largest absolute Gasteiger partial charge is 0.382 e. The van der Waals surface area contributed by atoms with Crippen LogP contribution in [-0.4, -0.2) is 231 Å². The van der Waals surface area contributed by atoms with Crippen LogP contribution in [0.25, 0.3) is 0 Å². The zero-order chi connectivity index (χ0) is 40.3. The highest BCUT2D eigenvalue weighted by Gasteiger charge is 1.99. The van der Waals surface area contributed by atoms with Gasteiger partial charge < -0.3 is 80.5 Å². The summed E-state index contributed by atoms with van der Waals surface area (Å²) in [5.41, 5.74) is 2.04. The van der Waals surface area contributed by atoms with Gasteiger partial charge in [0.05, 0.1) is 224 Å². The van der Waals surface area contributed by atoms with Crippen molar-refractivity contribution in [2.75, 3.05) is 225 Å². The van der Waals surface area contributed by atoms with Crippen LogP contribution >= 0.6 is 0 Å². The number of rotatable bonds is 51. The van der Waals surface area contributed by atoms with E-state index in [1.807, 2.05) is 5.43 Å². The molecule has 20 nitrogen and oxygen atoms in total. The number of hydrogen-bond donors (Lipinski definition) is 2. The van der Waals surface area contributed by atoms with Crippen LogP contribution in [0.3, 0.4) is 0 Å². The van der Waals surface area contributed by atoms with Crippen molar-refractivity contribution in [3.8, 4) is 0 Å². The Labute approximate surface area is 333 Å². The van der Waals surface area contributed by atoms with E-state index >= 15 is 0 Å². The smallest absolute Gasteiger partial charge is 0.236 e. The monoisotopic (exact) mass is 822 g/mol. The highest BCUT2D eigenvalue weighted by molar-refractivity contribution is 5.75. The third kappa shape index (κ3) is 50.8. The van der Waals surface area contributed by atoms with E-state index in [0.29, 0.717) is 218 Å². The Balaban J connectivity index is 3.06. The van der Waals surface area contributed by atoms with Gasteiger partial charge in [-0.1, -0.05) is 0 Å². The highest BCUT2D eigenvalue weighted by atomic mass is 16.6. The lowest BCUT2D eigenvalue weighted by Crippen LogP contribution is -2.30. The Bertz CT molecular complexity index is 738. The first kappa shape index (κ1) is 54.8. The van der Waals surface area contributed by atoms with Crippen LogP contribution in [0.2, 0.25) is 0 Å². The minimum atomic E-state index is -0.261. The molecule has 1 amide bonds. The third-order valence-electron chi connectivity index (χ3n) is 6.65. The minimum Gasteiger partial charge on any atom is -0.382 e. The van der Waals surface area contributed by atoms with Crippen LogP contribution in [0.1, 0.15) is 6.42 Å². The van der Waals surface area contributed by atoms with Gasteiger partial charge in [0, 0.05) is 7.11 Å². The maximum Gasteiger partial charge on any atom is 0.236 e. The van der Waals surface area contributed by atoms with Crippen molar-refractivity contribution in [1.82, 2.24) is 5.43 Å². The molecule has 0 bridgehead atoms. The fraction of sp³-hybridized carbons (Fsp3) is 0.972. The molecule has 0 saturated carbocycles. The second kappa shape index (κ2) is 51.8. The van der Waals surface area contributed by atoms with Gasteiger partial charge in [0.1, 0.15) is 0 Å². The lowest BCUT2D eigenvalue weighted by Gasteiger charge is -2.09. The van der Waals surface area contributed by atoms with Crippen molar-refractivity contribution in [3.63, 3.8) is 0 Å². The Hall–Kier alpha value is -1.25. The van der Waals surface area contributed by atoms with Crippen molar-refractivity contribution < 1.29 is 85.3 Å². The Kier molecular flexibility index (Phi) is 50.6. The quantitative estimate of drug-likeness (QED) is 0.0335. The van der Waals surface area contributed by atoms with E-state index in [1.54, 1.807) is 7.11 Å². The van der Waals surface area contributed by atoms with Crippen LogP contribution in [0.15, 0.2) is 0 Å². The first-order valence-corrected chi connectivity index (χ1v) is 19.5. The van der Waals surface area contributed by atoms with Crippen molar-refractivity contribution in [2.45, 2.75) is 6.42 Å². The molecule has 336 valence electrons. The summed E-state index contributed by atoms with van der Waals surface area (Å²) < 4.78 is 91.9. The maximum absolute atomic E-state index is 10.9. The van der Waals surface area contributed by atoms with E-state index in [1.165, 1.54) is 0 Å². The van der Waals surface area contributed by atoms with Crippen molar-refractivity contribution in [3.05, 3.63) is 0 Å². The summed E-state index contributed by atoms with van der Waals surface area (Å²) in [7, 11) is 1.64. The lowest BCUT2D eigenvalue weighted by molar-refractivity contribution is -0.122. The minimum absolute atomic E-state index is 0.227. The molecule has 0 saturated heterocycles. The van der Waals surface area contributed by atoms with Gasteiger partial charge in [-0.05, 0) is 0 Å². The molecule has 0 unspecified atom stereocenters. The van der Waals surface area contributed by atoms with E-state index in [0.717, 1.165) is 0 Å². The Morgan fingerprint density at radius 1 is 0.286 bits per heavy atom. The molecule has 0 aromatic carbocycles. The summed E-state index contributed by atoms with van der Waals surface area (Å²) in [4.78, 5) is 10.9. The number of carbonyl (C=O) groups excluding carboxylic acids is 1. The van der Waals surface area contributed by atoms with Gasteiger partial charge in [0.15, 0.2) is 0 Å². The summed E-state index contributed by atoms with van der Waals surface area (Å²) in [6.07, 6.45) is 0.227. The van der Waals surface area contributed by atoms with E-state index in [4.69, 9.17) is 86.4 Å². The fourth-order valence-electron chi connectivity index (χ4n) is 3.78. The normalized spacial score (nSPS) is 11.5. The average molecular weight is 823 g/mol. The average Bonchev–Trinajstić information content (AvgIpc) is 3.21. The zero-order valence-electron chi connectivity index (χ0n) is 34.0. The molecule has 0 radical (unpaired) electrons. The second-order valence-corrected chi connectivity index (χ2v) is 11.1. The van der Waals surface area contributed by atoms with Crippen molar-refractivity contribution in [2.24, 2.45) is 5.84 Å². The van der Waals surface area contributed by atoms with Gasteiger partial charge in [-0.2, -0.15) is 0 Å². The van der Waals surface area contributed by atoms with Crippen molar-refractivity contribution in [1.29, 1.82) is 0 Å². The lowest BCUT2D eigenvalue weighted by atomic mass is 10.4. The molecule has 0 aliphatic carbocycles. The number of ether oxygens (including phenoxy) is 17. The number of hydrogen-bond acceptors (Lipinski definition) is 19. The second-order valence-electron chi connectivity index (χ2n) is 11.1. The number of carbonyl (C=O) groups is 1. The number of nitrogens with two attached hydrogens (primary N) is 1. The SMILES string of the molecule is COCCOCCOCCOCCOCCOCCOCCOCCOCCOCCOCCOCCOCCOCCOCCOCCOCCC(=O)NN. The first-order chi connectivity index (χ1) is 27.8. The van der Waals surface area contributed by atoms with Gasteiger partial charge in [-0.3, -0.25) is 10.2 Å². The van der Waals surface area contributed by atoms with Gasteiger partial charge >= 0.3 is 0 Å². The molecule has 20 heteroatoms. The van der Waals surface area contributed by atoms with E-state index in [9.17, 15) is 4.79 Å². The van der Waals surface area contributed by atoms with Crippen LogP contribution in [0.5, 0.6) is 0 Å². The molecule has 0 aliphatic heterocycles. The molecular formula is C36H74N2O18. The summed E-state index contributed by atoms with van der Waals surface area (Å²) >= 11 is 0. The number of methoxy groups -OCH3 is 1. The molecule has 0 spiro atoms. The van der Waals surface area contributed by atoms with Crippen LogP contribution in [-0.2, 0) is 85.3 Å². The fourth-order valence-corrected chi connectivity index (χ4v) is 3.78. The molecule has 0 aromatic rings. The van der Waals surface area contributed by atoms with E-state index < -0.39 is 0 Å². The van der Waals surface area contributed by atoms with Gasteiger partial charge in [0.2, 0.25) is 5.91 Å². The molecule has 0 atom stereocenters. The zero-order valence-corrected chi connectivity index (χ0v) is 34.0. The summed E-state index contributed by atoms with van der Waals surface area (Å²) in [5.74, 6) is 4.72. The Morgan fingerprint density at radius 2 is 0.429 bits per heavy atom. The van der Waals surface area contributed by atoms with E-state index in [-0.39, 0.29) is 12.3 Å². The highest BCUT2D eigenvalue weighted by Crippen LogP contribution is 1.89. The number of hydrazine groups is 1. The molecule has 0 heterocycles. The molecule has 3 N–H and O–H groups in total. The van der Waals surface area contributed by atoms with Crippen LogP contribution in [0, 0.1) is 0 Å². The predicted molar refractivity (Wildman–Crippen MR) is 202 cm³/mol. The first-order valence-electron chi connectivity index (χ1n) is 19.5. The van der Waals surface area contributed by atoms with E-state index in [2.05, 4.69) is 0 Å². The molecule has 0 fully saturated rings. The summed E-state index contributed by atoms with van der Waals surface area (Å²) in [5, 5.41) is 0. The van der Waals surface area contributed by atoms with Gasteiger partial charge in [-0.25, -0.2) is 5.84 Å².